The molecule has 3 aromatic rings. The first-order chi connectivity index (χ1) is 16.9. The topological polar surface area (TPSA) is 136 Å². The van der Waals surface area contributed by atoms with Crippen LogP contribution >= 0.6 is 11.8 Å². The molecule has 11 heteroatoms. The van der Waals surface area contributed by atoms with Crippen LogP contribution < -0.4 is 10.6 Å². The van der Waals surface area contributed by atoms with Crippen molar-refractivity contribution >= 4 is 40.8 Å². The van der Waals surface area contributed by atoms with Crippen molar-refractivity contribution in [2.24, 2.45) is 0 Å². The monoisotopic (exact) mass is 498 g/mol. The molecule has 0 saturated heterocycles. The maximum absolute atomic E-state index is 12.7. The van der Waals surface area contributed by atoms with Crippen LogP contribution in [0.25, 0.3) is 11.0 Å². The summed E-state index contributed by atoms with van der Waals surface area (Å²) in [5.41, 5.74) is 2.16. The number of carbonyl (C=O) groups is 3. The lowest BCUT2D eigenvalue weighted by Crippen LogP contribution is -2.47. The van der Waals surface area contributed by atoms with Gasteiger partial charge in [-0.3, -0.25) is 4.79 Å². The molecule has 1 aliphatic heterocycles. The third-order valence-corrected chi connectivity index (χ3v) is 6.16. The molecule has 0 fully saturated rings. The van der Waals surface area contributed by atoms with Crippen LogP contribution in [-0.2, 0) is 19.1 Å². The van der Waals surface area contributed by atoms with E-state index in [-0.39, 0.29) is 30.9 Å². The van der Waals surface area contributed by atoms with Gasteiger partial charge in [0.05, 0.1) is 28.9 Å². The van der Waals surface area contributed by atoms with E-state index in [9.17, 15) is 14.4 Å². The second kappa shape index (κ2) is 11.1. The number of aromatic amines is 1. The highest BCUT2D eigenvalue weighted by atomic mass is 32.2. The summed E-state index contributed by atoms with van der Waals surface area (Å²) in [6.07, 6.45) is 0.759. The molecule has 4 rings (SSSR count). The molecule has 0 spiro atoms. The van der Waals surface area contributed by atoms with Crippen molar-refractivity contribution in [1.82, 2.24) is 20.6 Å². The zero-order valence-corrected chi connectivity index (χ0v) is 20.2. The molecule has 1 aliphatic rings. The molecule has 0 saturated carbocycles. The van der Waals surface area contributed by atoms with Crippen LogP contribution in [0.5, 0.6) is 0 Å². The summed E-state index contributed by atoms with van der Waals surface area (Å²) < 4.78 is 16.2. The van der Waals surface area contributed by atoms with Crippen molar-refractivity contribution in [2.45, 2.75) is 37.9 Å². The van der Waals surface area contributed by atoms with Gasteiger partial charge in [-0.15, -0.1) is 0 Å². The fourth-order valence-electron chi connectivity index (χ4n) is 3.61. The van der Waals surface area contributed by atoms with Crippen LogP contribution in [0.15, 0.2) is 57.2 Å². The van der Waals surface area contributed by atoms with E-state index >= 15 is 0 Å². The average molecular weight is 499 g/mol. The number of hydrogen-bond donors (Lipinski definition) is 3. The van der Waals surface area contributed by atoms with Crippen molar-refractivity contribution in [1.29, 1.82) is 0 Å². The predicted octanol–water partition coefficient (Wildman–Crippen LogP) is 3.75. The molecule has 1 atom stereocenters. The number of rotatable bonds is 10. The number of thioether (sulfide) groups is 1. The number of benzene rings is 1. The number of imidazole rings is 1. The zero-order chi connectivity index (χ0) is 24.8. The molecule has 0 aliphatic carbocycles. The molecular formula is C24H26N4O6S. The predicted molar refractivity (Wildman–Crippen MR) is 129 cm³/mol. The lowest BCUT2D eigenvalue weighted by Gasteiger charge is -2.27. The fraction of sp³-hybridized carbons (Fsp3) is 0.333. The quantitative estimate of drug-likeness (QED) is 0.218. The minimum Gasteiger partial charge on any atom is -0.464 e. The normalized spacial score (nSPS) is 15.6. The van der Waals surface area contributed by atoms with E-state index in [0.29, 0.717) is 23.7 Å². The van der Waals surface area contributed by atoms with Crippen molar-refractivity contribution in [3.8, 4) is 0 Å². The minimum atomic E-state index is -0.856. The Morgan fingerprint density at radius 3 is 2.74 bits per heavy atom. The molecule has 3 N–H and O–H groups in total. The number of amides is 2. The van der Waals surface area contributed by atoms with Gasteiger partial charge in [0.1, 0.15) is 24.2 Å². The first kappa shape index (κ1) is 24.4. The summed E-state index contributed by atoms with van der Waals surface area (Å²) in [5, 5.41) is 6.02. The molecular weight excluding hydrogens is 472 g/mol. The number of aryl methyl sites for hydroxylation is 1. The highest BCUT2D eigenvalue weighted by molar-refractivity contribution is 7.99. The van der Waals surface area contributed by atoms with Crippen LogP contribution in [0.1, 0.15) is 37.3 Å². The highest BCUT2D eigenvalue weighted by Crippen LogP contribution is 2.29. The summed E-state index contributed by atoms with van der Waals surface area (Å²) in [5.74, 6) is 0.611. The van der Waals surface area contributed by atoms with E-state index in [1.165, 1.54) is 11.8 Å². The number of fused-ring (bicyclic) bond motifs is 1. The maximum atomic E-state index is 12.7. The smallest absolute Gasteiger partial charge is 0.338 e. The third-order valence-electron chi connectivity index (χ3n) is 5.20. The van der Waals surface area contributed by atoms with Crippen molar-refractivity contribution < 1.29 is 28.3 Å². The number of H-pyrrole nitrogens is 1. The third kappa shape index (κ3) is 6.04. The van der Waals surface area contributed by atoms with Crippen LogP contribution in [0.3, 0.4) is 0 Å². The molecule has 35 heavy (non-hydrogen) atoms. The van der Waals surface area contributed by atoms with Gasteiger partial charge in [-0.05, 0) is 44.5 Å². The Kier molecular flexibility index (Phi) is 7.76. The molecule has 0 radical (unpaired) electrons. The summed E-state index contributed by atoms with van der Waals surface area (Å²) >= 11 is 1.52. The summed E-state index contributed by atoms with van der Waals surface area (Å²) in [4.78, 5) is 45.0. The standard InChI is InChI=1S/C24H26N4O6S/c1-3-32-22(30)20-17(25-23(31)28-21(20)18-11-10-14(2)34-18)13-33-19(29)9-6-12-35-24-26-15-7-4-5-8-16(15)27-24/h4-5,7-8,10-11,21H,3,6,9,12-13H2,1-2H3,(H,26,27)(H2,25,28,31). The summed E-state index contributed by atoms with van der Waals surface area (Å²) in [6.45, 7) is 3.32. The number of urea groups is 1. The van der Waals surface area contributed by atoms with Crippen molar-refractivity contribution in [2.75, 3.05) is 19.0 Å². The van der Waals surface area contributed by atoms with Crippen LogP contribution in [-0.4, -0.2) is 46.9 Å². The molecule has 2 aromatic heterocycles. The Labute approximate surface area is 205 Å². The number of hydrogen-bond acceptors (Lipinski definition) is 8. The second-order valence-electron chi connectivity index (χ2n) is 7.76. The molecule has 1 unspecified atom stereocenters. The Balaban J connectivity index is 1.35. The van der Waals surface area contributed by atoms with Gasteiger partial charge in [0.2, 0.25) is 0 Å². The first-order valence-electron chi connectivity index (χ1n) is 11.2. The van der Waals surface area contributed by atoms with Crippen LogP contribution in [0.4, 0.5) is 4.79 Å². The number of furan rings is 1. The lowest BCUT2D eigenvalue weighted by atomic mass is 10.0. The van der Waals surface area contributed by atoms with Gasteiger partial charge in [0.25, 0.3) is 0 Å². The number of para-hydroxylation sites is 2. The Morgan fingerprint density at radius 1 is 1.17 bits per heavy atom. The molecule has 10 nitrogen and oxygen atoms in total. The van der Waals surface area contributed by atoms with Crippen molar-refractivity contribution in [3.63, 3.8) is 0 Å². The summed E-state index contributed by atoms with van der Waals surface area (Å²) in [7, 11) is 0. The molecule has 1 aromatic carbocycles. The number of aromatic nitrogens is 2. The van der Waals surface area contributed by atoms with Gasteiger partial charge in [-0.1, -0.05) is 23.9 Å². The van der Waals surface area contributed by atoms with Crippen LogP contribution in [0.2, 0.25) is 0 Å². The van der Waals surface area contributed by atoms with E-state index < -0.39 is 24.0 Å². The lowest BCUT2D eigenvalue weighted by molar-refractivity contribution is -0.143. The molecule has 184 valence electrons. The van der Waals surface area contributed by atoms with E-state index in [2.05, 4.69) is 20.6 Å². The van der Waals surface area contributed by atoms with Crippen LogP contribution in [0, 0.1) is 6.92 Å². The Hall–Kier alpha value is -3.73. The number of nitrogens with zero attached hydrogens (tertiary/aromatic N) is 1. The second-order valence-corrected chi connectivity index (χ2v) is 8.85. The van der Waals surface area contributed by atoms with Gasteiger partial charge in [-0.25, -0.2) is 14.6 Å². The van der Waals surface area contributed by atoms with E-state index in [4.69, 9.17) is 13.9 Å². The Bertz CT molecular complexity index is 1230. The molecule has 0 bridgehead atoms. The van der Waals surface area contributed by atoms with Gasteiger partial charge in [-0.2, -0.15) is 0 Å². The number of esters is 2. The molecule has 3 heterocycles. The van der Waals surface area contributed by atoms with E-state index in [0.717, 1.165) is 16.2 Å². The van der Waals surface area contributed by atoms with Gasteiger partial charge in [0, 0.05) is 12.2 Å². The number of ether oxygens (including phenoxy) is 2. The summed E-state index contributed by atoms with van der Waals surface area (Å²) in [6, 6.07) is 9.78. The Morgan fingerprint density at radius 2 is 2.00 bits per heavy atom. The zero-order valence-electron chi connectivity index (χ0n) is 19.4. The largest absolute Gasteiger partial charge is 0.464 e. The minimum absolute atomic E-state index is 0.133. The highest BCUT2D eigenvalue weighted by Gasteiger charge is 2.36. The number of nitrogens with one attached hydrogen (secondary N) is 3. The van der Waals surface area contributed by atoms with Gasteiger partial charge in [0.15, 0.2) is 5.16 Å². The van der Waals surface area contributed by atoms with E-state index in [1.54, 1.807) is 26.0 Å². The first-order valence-corrected chi connectivity index (χ1v) is 12.2. The van der Waals surface area contributed by atoms with Crippen molar-refractivity contribution in [3.05, 3.63) is 59.2 Å². The van der Waals surface area contributed by atoms with E-state index in [1.807, 2.05) is 24.3 Å². The average Bonchev–Trinajstić information content (AvgIpc) is 3.46. The fourth-order valence-corrected chi connectivity index (χ4v) is 4.44. The number of carbonyl (C=O) groups excluding carboxylic acids is 3. The molecule has 2 amide bonds. The van der Waals surface area contributed by atoms with Gasteiger partial charge >= 0.3 is 18.0 Å². The maximum Gasteiger partial charge on any atom is 0.338 e. The SMILES string of the molecule is CCOC(=O)C1=C(COC(=O)CCCSc2nc3ccccc3[nH]2)NC(=O)NC1c1ccc(C)o1. The van der Waals surface area contributed by atoms with Gasteiger partial charge < -0.3 is 29.5 Å².